The molecule has 1 aromatic carbocycles. The SMILES string of the molecule is N#Cc1cc(F)ccc1Nc1nnccc1C#N. The lowest BCUT2D eigenvalue weighted by Gasteiger charge is -2.07. The normalized spacial score (nSPS) is 9.28. The minimum absolute atomic E-state index is 0.129. The van der Waals surface area contributed by atoms with Crippen LogP contribution in [0.1, 0.15) is 11.1 Å². The smallest absolute Gasteiger partial charge is 0.171 e. The van der Waals surface area contributed by atoms with Crippen molar-refractivity contribution in [2.24, 2.45) is 0 Å². The van der Waals surface area contributed by atoms with E-state index in [-0.39, 0.29) is 11.4 Å². The third-order valence-electron chi connectivity index (χ3n) is 2.20. The van der Waals surface area contributed by atoms with Crippen molar-refractivity contribution in [1.29, 1.82) is 10.5 Å². The van der Waals surface area contributed by atoms with Crippen LogP contribution in [0.5, 0.6) is 0 Å². The van der Waals surface area contributed by atoms with Crippen LogP contribution in [0.25, 0.3) is 0 Å². The van der Waals surface area contributed by atoms with E-state index < -0.39 is 5.82 Å². The van der Waals surface area contributed by atoms with Crippen LogP contribution < -0.4 is 5.32 Å². The molecule has 0 spiro atoms. The van der Waals surface area contributed by atoms with Gasteiger partial charge in [0.2, 0.25) is 0 Å². The quantitative estimate of drug-likeness (QED) is 0.867. The lowest BCUT2D eigenvalue weighted by molar-refractivity contribution is 0.627. The molecule has 0 unspecified atom stereocenters. The zero-order valence-electron chi connectivity index (χ0n) is 9.05. The Morgan fingerprint density at radius 1 is 1.11 bits per heavy atom. The highest BCUT2D eigenvalue weighted by Gasteiger charge is 2.08. The number of rotatable bonds is 2. The van der Waals surface area contributed by atoms with Gasteiger partial charge in [0.15, 0.2) is 5.82 Å². The van der Waals surface area contributed by atoms with Gasteiger partial charge in [0, 0.05) is 0 Å². The van der Waals surface area contributed by atoms with Crippen LogP contribution in [0.4, 0.5) is 15.9 Å². The molecule has 0 amide bonds. The molecular weight excluding hydrogens is 233 g/mol. The maximum Gasteiger partial charge on any atom is 0.171 e. The van der Waals surface area contributed by atoms with E-state index >= 15 is 0 Å². The third kappa shape index (κ3) is 2.23. The summed E-state index contributed by atoms with van der Waals surface area (Å²) in [5, 5.41) is 28.0. The number of nitrogens with zero attached hydrogens (tertiary/aromatic N) is 4. The van der Waals surface area contributed by atoms with E-state index in [1.165, 1.54) is 24.4 Å². The molecule has 2 aromatic rings. The molecule has 0 fully saturated rings. The minimum Gasteiger partial charge on any atom is -0.337 e. The summed E-state index contributed by atoms with van der Waals surface area (Å²) in [6.07, 6.45) is 1.39. The van der Waals surface area contributed by atoms with Crippen LogP contribution >= 0.6 is 0 Å². The molecule has 0 atom stereocenters. The fourth-order valence-electron chi connectivity index (χ4n) is 1.36. The van der Waals surface area contributed by atoms with Crippen molar-refractivity contribution in [2.75, 3.05) is 5.32 Å². The van der Waals surface area contributed by atoms with E-state index in [1.807, 2.05) is 12.1 Å². The molecule has 0 aliphatic heterocycles. The van der Waals surface area contributed by atoms with E-state index in [1.54, 1.807) is 0 Å². The summed E-state index contributed by atoms with van der Waals surface area (Å²) >= 11 is 0. The number of hydrogen-bond donors (Lipinski definition) is 1. The summed E-state index contributed by atoms with van der Waals surface area (Å²) in [6.45, 7) is 0. The Hall–Kier alpha value is -2.99. The minimum atomic E-state index is -0.503. The second kappa shape index (κ2) is 4.89. The average Bonchev–Trinajstić information content (AvgIpc) is 2.41. The second-order valence-corrected chi connectivity index (χ2v) is 3.33. The Morgan fingerprint density at radius 2 is 1.89 bits per heavy atom. The number of nitriles is 2. The van der Waals surface area contributed by atoms with Crippen LogP contribution in [-0.4, -0.2) is 10.2 Å². The third-order valence-corrected chi connectivity index (χ3v) is 2.20. The van der Waals surface area contributed by atoms with Gasteiger partial charge < -0.3 is 5.32 Å². The van der Waals surface area contributed by atoms with Gasteiger partial charge in [0.25, 0.3) is 0 Å². The monoisotopic (exact) mass is 239 g/mol. The molecule has 18 heavy (non-hydrogen) atoms. The van der Waals surface area contributed by atoms with E-state index in [0.717, 1.165) is 6.07 Å². The molecule has 86 valence electrons. The topological polar surface area (TPSA) is 85.4 Å². The van der Waals surface area contributed by atoms with Gasteiger partial charge in [-0.05, 0) is 24.3 Å². The van der Waals surface area contributed by atoms with Gasteiger partial charge in [-0.1, -0.05) is 0 Å². The highest BCUT2D eigenvalue weighted by Crippen LogP contribution is 2.21. The summed E-state index contributed by atoms with van der Waals surface area (Å²) in [5.41, 5.74) is 0.790. The Morgan fingerprint density at radius 3 is 2.61 bits per heavy atom. The molecule has 0 aliphatic carbocycles. The number of halogens is 1. The molecule has 2 rings (SSSR count). The highest BCUT2D eigenvalue weighted by atomic mass is 19.1. The van der Waals surface area contributed by atoms with Crippen molar-refractivity contribution in [1.82, 2.24) is 10.2 Å². The van der Waals surface area contributed by atoms with Crippen molar-refractivity contribution in [2.45, 2.75) is 0 Å². The Kier molecular flexibility index (Phi) is 3.13. The molecule has 6 heteroatoms. The first-order valence-electron chi connectivity index (χ1n) is 4.93. The summed E-state index contributed by atoms with van der Waals surface area (Å²) in [5.74, 6) is -0.278. The van der Waals surface area contributed by atoms with Crippen LogP contribution in [0, 0.1) is 28.5 Å². The van der Waals surface area contributed by atoms with Crippen molar-refractivity contribution >= 4 is 11.5 Å². The molecule has 1 aromatic heterocycles. The largest absolute Gasteiger partial charge is 0.337 e. The Labute approximate surface area is 102 Å². The number of hydrogen-bond acceptors (Lipinski definition) is 5. The molecule has 0 radical (unpaired) electrons. The molecule has 0 bridgehead atoms. The molecular formula is C12H6FN5. The molecule has 1 heterocycles. The van der Waals surface area contributed by atoms with Crippen molar-refractivity contribution < 1.29 is 4.39 Å². The number of aromatic nitrogens is 2. The van der Waals surface area contributed by atoms with Crippen LogP contribution in [0.15, 0.2) is 30.5 Å². The first-order valence-corrected chi connectivity index (χ1v) is 4.93. The Bertz CT molecular complexity index is 669. The lowest BCUT2D eigenvalue weighted by Crippen LogP contribution is -2.00. The maximum absolute atomic E-state index is 13.0. The zero-order valence-corrected chi connectivity index (χ0v) is 9.05. The van der Waals surface area contributed by atoms with Crippen LogP contribution in [-0.2, 0) is 0 Å². The first kappa shape index (κ1) is 11.5. The van der Waals surface area contributed by atoms with Crippen molar-refractivity contribution in [3.8, 4) is 12.1 Å². The predicted molar refractivity (Wildman–Crippen MR) is 61.1 cm³/mol. The number of anilines is 2. The fraction of sp³-hybridized carbons (Fsp3) is 0. The molecule has 0 saturated heterocycles. The number of nitrogens with one attached hydrogen (secondary N) is 1. The standard InChI is InChI=1S/C12H6FN5/c13-10-1-2-11(9(5-10)7-15)17-12-8(6-14)3-4-16-18-12/h1-5H,(H,17,18). The van der Waals surface area contributed by atoms with Crippen LogP contribution in [0.3, 0.4) is 0 Å². The van der Waals surface area contributed by atoms with Crippen molar-refractivity contribution in [3.05, 3.63) is 47.4 Å². The maximum atomic E-state index is 13.0. The van der Waals surface area contributed by atoms with E-state index in [2.05, 4.69) is 15.5 Å². The molecule has 0 aliphatic rings. The highest BCUT2D eigenvalue weighted by molar-refractivity contribution is 5.67. The van der Waals surface area contributed by atoms with E-state index in [9.17, 15) is 4.39 Å². The van der Waals surface area contributed by atoms with Gasteiger partial charge in [0.05, 0.1) is 23.0 Å². The molecule has 1 N–H and O–H groups in total. The lowest BCUT2D eigenvalue weighted by atomic mass is 10.2. The zero-order chi connectivity index (χ0) is 13.0. The molecule has 0 saturated carbocycles. The van der Waals surface area contributed by atoms with Gasteiger partial charge in [-0.3, -0.25) is 0 Å². The van der Waals surface area contributed by atoms with Gasteiger partial charge in [-0.15, -0.1) is 5.10 Å². The van der Waals surface area contributed by atoms with Gasteiger partial charge in [0.1, 0.15) is 18.0 Å². The van der Waals surface area contributed by atoms with E-state index in [4.69, 9.17) is 10.5 Å². The summed E-state index contributed by atoms with van der Waals surface area (Å²) in [7, 11) is 0. The van der Waals surface area contributed by atoms with Crippen molar-refractivity contribution in [3.63, 3.8) is 0 Å². The average molecular weight is 239 g/mol. The summed E-state index contributed by atoms with van der Waals surface area (Å²) < 4.78 is 13.0. The fourth-order valence-corrected chi connectivity index (χ4v) is 1.36. The summed E-state index contributed by atoms with van der Waals surface area (Å²) in [4.78, 5) is 0. The Balaban J connectivity index is 2.41. The first-order chi connectivity index (χ1) is 8.74. The van der Waals surface area contributed by atoms with Gasteiger partial charge in [-0.2, -0.15) is 15.6 Å². The number of benzene rings is 1. The van der Waals surface area contributed by atoms with Gasteiger partial charge in [-0.25, -0.2) is 4.39 Å². The second-order valence-electron chi connectivity index (χ2n) is 3.33. The van der Waals surface area contributed by atoms with Gasteiger partial charge >= 0.3 is 0 Å². The van der Waals surface area contributed by atoms with E-state index in [0.29, 0.717) is 11.3 Å². The molecule has 5 nitrogen and oxygen atoms in total. The summed E-state index contributed by atoms with van der Waals surface area (Å²) in [6, 6.07) is 9.02. The predicted octanol–water partition coefficient (Wildman–Crippen LogP) is 2.10. The van der Waals surface area contributed by atoms with Crippen LogP contribution in [0.2, 0.25) is 0 Å².